The third kappa shape index (κ3) is 2.00. The number of hydrogen-bond acceptors (Lipinski definition) is 3. The molecule has 0 aromatic carbocycles. The Labute approximate surface area is 107 Å². The Morgan fingerprint density at radius 2 is 2.11 bits per heavy atom. The van der Waals surface area contributed by atoms with Gasteiger partial charge in [0.2, 0.25) is 5.95 Å². The van der Waals surface area contributed by atoms with Crippen molar-refractivity contribution < 1.29 is 0 Å². The van der Waals surface area contributed by atoms with E-state index < -0.39 is 0 Å². The van der Waals surface area contributed by atoms with Gasteiger partial charge in [-0.1, -0.05) is 12.8 Å². The number of aromatic nitrogens is 4. The van der Waals surface area contributed by atoms with E-state index in [0.717, 1.165) is 17.3 Å². The van der Waals surface area contributed by atoms with E-state index in [1.54, 1.807) is 0 Å². The molecule has 0 bridgehead atoms. The molecule has 0 atom stereocenters. The van der Waals surface area contributed by atoms with Crippen LogP contribution in [-0.4, -0.2) is 19.3 Å². The van der Waals surface area contributed by atoms with Crippen molar-refractivity contribution in [2.75, 3.05) is 5.32 Å². The van der Waals surface area contributed by atoms with Gasteiger partial charge in [-0.15, -0.1) is 0 Å². The van der Waals surface area contributed by atoms with Crippen LogP contribution in [0.3, 0.4) is 0 Å². The molecular weight excluding hydrogens is 226 g/mol. The molecule has 0 radical (unpaired) electrons. The summed E-state index contributed by atoms with van der Waals surface area (Å²) in [6.07, 6.45) is 11.1. The fraction of sp³-hybridized carbons (Fsp3) is 0.538. The van der Waals surface area contributed by atoms with E-state index in [9.17, 15) is 0 Å². The number of imidazole rings is 1. The normalized spacial score (nSPS) is 16.3. The van der Waals surface area contributed by atoms with Gasteiger partial charge in [0.1, 0.15) is 0 Å². The average molecular weight is 245 g/mol. The molecule has 1 fully saturated rings. The quantitative estimate of drug-likeness (QED) is 0.904. The van der Waals surface area contributed by atoms with Gasteiger partial charge in [0, 0.05) is 31.7 Å². The van der Waals surface area contributed by atoms with Gasteiger partial charge in [-0.25, -0.2) is 4.98 Å². The third-order valence-electron chi connectivity index (χ3n) is 3.65. The van der Waals surface area contributed by atoms with Crippen LogP contribution in [0, 0.1) is 6.92 Å². The van der Waals surface area contributed by atoms with E-state index in [1.165, 1.54) is 25.7 Å². The van der Waals surface area contributed by atoms with Crippen molar-refractivity contribution >= 4 is 11.6 Å². The van der Waals surface area contributed by atoms with E-state index >= 15 is 0 Å². The Balaban J connectivity index is 1.84. The van der Waals surface area contributed by atoms with Crippen LogP contribution in [0.4, 0.5) is 11.6 Å². The average Bonchev–Trinajstić information content (AvgIpc) is 3.01. The molecule has 0 amide bonds. The molecule has 0 spiro atoms. The summed E-state index contributed by atoms with van der Waals surface area (Å²) < 4.78 is 4.08. The van der Waals surface area contributed by atoms with Crippen LogP contribution in [0.2, 0.25) is 0 Å². The van der Waals surface area contributed by atoms with Gasteiger partial charge in [-0.05, 0) is 19.8 Å². The van der Waals surface area contributed by atoms with Crippen molar-refractivity contribution in [3.63, 3.8) is 0 Å². The van der Waals surface area contributed by atoms with Crippen molar-refractivity contribution in [2.45, 2.75) is 38.6 Å². The van der Waals surface area contributed by atoms with E-state index in [0.29, 0.717) is 6.04 Å². The van der Waals surface area contributed by atoms with E-state index in [2.05, 4.69) is 26.2 Å². The molecule has 0 aliphatic heterocycles. The summed E-state index contributed by atoms with van der Waals surface area (Å²) in [5.41, 5.74) is 2.03. The van der Waals surface area contributed by atoms with Gasteiger partial charge in [0.25, 0.3) is 0 Å². The highest BCUT2D eigenvalue weighted by molar-refractivity contribution is 5.55. The highest BCUT2D eigenvalue weighted by atomic mass is 15.3. The second-order valence-electron chi connectivity index (χ2n) is 5.02. The smallest absolute Gasteiger partial charge is 0.207 e. The molecule has 2 aromatic rings. The predicted molar refractivity (Wildman–Crippen MR) is 71.0 cm³/mol. The van der Waals surface area contributed by atoms with E-state index in [4.69, 9.17) is 0 Å². The molecule has 3 rings (SSSR count). The Morgan fingerprint density at radius 3 is 2.78 bits per heavy atom. The van der Waals surface area contributed by atoms with Gasteiger partial charge in [-0.2, -0.15) is 5.10 Å². The number of anilines is 2. The minimum Gasteiger partial charge on any atom is -0.323 e. The van der Waals surface area contributed by atoms with Crippen molar-refractivity contribution in [1.29, 1.82) is 0 Å². The molecule has 1 saturated carbocycles. The zero-order valence-corrected chi connectivity index (χ0v) is 10.9. The van der Waals surface area contributed by atoms with E-state index in [1.807, 2.05) is 31.0 Å². The van der Waals surface area contributed by atoms with Crippen LogP contribution in [0.25, 0.3) is 0 Å². The first-order chi connectivity index (χ1) is 8.74. The fourth-order valence-corrected chi connectivity index (χ4v) is 2.73. The van der Waals surface area contributed by atoms with Gasteiger partial charge in [-0.3, -0.25) is 4.68 Å². The summed E-state index contributed by atoms with van der Waals surface area (Å²) in [7, 11) is 1.93. The number of nitrogens with zero attached hydrogens (tertiary/aromatic N) is 4. The summed E-state index contributed by atoms with van der Waals surface area (Å²) >= 11 is 0. The molecule has 18 heavy (non-hydrogen) atoms. The Hall–Kier alpha value is -1.78. The highest BCUT2D eigenvalue weighted by Gasteiger charge is 2.19. The van der Waals surface area contributed by atoms with Crippen LogP contribution in [0.15, 0.2) is 18.6 Å². The first-order valence-corrected chi connectivity index (χ1v) is 6.54. The lowest BCUT2D eigenvalue weighted by molar-refractivity contribution is 0.525. The van der Waals surface area contributed by atoms with Gasteiger partial charge in [0.15, 0.2) is 0 Å². The lowest BCUT2D eigenvalue weighted by atomic mass is 10.2. The van der Waals surface area contributed by atoms with Gasteiger partial charge in [0.05, 0.1) is 11.4 Å². The maximum Gasteiger partial charge on any atom is 0.207 e. The number of aryl methyl sites for hydroxylation is 2. The molecule has 1 aliphatic rings. The first kappa shape index (κ1) is 11.3. The summed E-state index contributed by atoms with van der Waals surface area (Å²) in [5, 5.41) is 7.72. The summed E-state index contributed by atoms with van der Waals surface area (Å²) in [6.45, 7) is 2.01. The molecule has 2 heterocycles. The highest BCUT2D eigenvalue weighted by Crippen LogP contribution is 2.32. The van der Waals surface area contributed by atoms with Crippen LogP contribution in [0.5, 0.6) is 0 Å². The Bertz CT molecular complexity index is 533. The van der Waals surface area contributed by atoms with Crippen molar-refractivity contribution in [2.24, 2.45) is 7.05 Å². The monoisotopic (exact) mass is 245 g/mol. The molecule has 5 nitrogen and oxygen atoms in total. The second kappa shape index (κ2) is 4.48. The molecule has 0 unspecified atom stereocenters. The molecule has 1 N–H and O–H groups in total. The number of nitrogens with one attached hydrogen (secondary N) is 1. The summed E-state index contributed by atoms with van der Waals surface area (Å²) in [4.78, 5) is 4.42. The lowest BCUT2D eigenvalue weighted by Crippen LogP contribution is -2.08. The lowest BCUT2D eigenvalue weighted by Gasteiger charge is -2.15. The predicted octanol–water partition coefficient (Wildman–Crippen LogP) is 2.78. The largest absolute Gasteiger partial charge is 0.323 e. The Morgan fingerprint density at radius 1 is 1.33 bits per heavy atom. The summed E-state index contributed by atoms with van der Waals surface area (Å²) in [5.74, 6) is 0.929. The minimum atomic E-state index is 0.604. The topological polar surface area (TPSA) is 47.7 Å². The van der Waals surface area contributed by atoms with Crippen LogP contribution in [0.1, 0.15) is 37.4 Å². The van der Waals surface area contributed by atoms with Gasteiger partial charge >= 0.3 is 0 Å². The van der Waals surface area contributed by atoms with Crippen LogP contribution < -0.4 is 5.32 Å². The zero-order chi connectivity index (χ0) is 12.5. The maximum atomic E-state index is 4.42. The van der Waals surface area contributed by atoms with Crippen molar-refractivity contribution in [3.05, 3.63) is 24.3 Å². The number of rotatable bonds is 3. The standard InChI is InChI=1S/C13H19N5/c1-10-12(9-17(2)16-10)15-13-14-7-8-18(13)11-5-3-4-6-11/h7-9,11H,3-6H2,1-2H3,(H,14,15). The third-order valence-corrected chi connectivity index (χ3v) is 3.65. The molecule has 1 aliphatic carbocycles. The second-order valence-corrected chi connectivity index (χ2v) is 5.02. The maximum absolute atomic E-state index is 4.42. The van der Waals surface area contributed by atoms with E-state index in [-0.39, 0.29) is 0 Å². The van der Waals surface area contributed by atoms with Crippen LogP contribution >= 0.6 is 0 Å². The minimum absolute atomic E-state index is 0.604. The molecule has 96 valence electrons. The van der Waals surface area contributed by atoms with Crippen molar-refractivity contribution in [1.82, 2.24) is 19.3 Å². The van der Waals surface area contributed by atoms with Crippen molar-refractivity contribution in [3.8, 4) is 0 Å². The number of hydrogen-bond donors (Lipinski definition) is 1. The zero-order valence-electron chi connectivity index (χ0n) is 10.9. The molecular formula is C13H19N5. The fourth-order valence-electron chi connectivity index (χ4n) is 2.73. The Kier molecular flexibility index (Phi) is 2.81. The molecule has 2 aromatic heterocycles. The summed E-state index contributed by atoms with van der Waals surface area (Å²) in [6, 6.07) is 0.604. The van der Waals surface area contributed by atoms with Gasteiger partial charge < -0.3 is 9.88 Å². The molecule has 0 saturated heterocycles. The first-order valence-electron chi connectivity index (χ1n) is 6.54. The SMILES string of the molecule is Cc1nn(C)cc1Nc1nccn1C1CCCC1. The van der Waals surface area contributed by atoms with Crippen LogP contribution in [-0.2, 0) is 7.05 Å². The molecule has 5 heteroatoms.